The first-order valence-electron chi connectivity index (χ1n) is 6.35. The predicted molar refractivity (Wildman–Crippen MR) is 73.5 cm³/mol. The first-order valence-corrected chi connectivity index (χ1v) is 6.35. The third-order valence-corrected chi connectivity index (χ3v) is 3.64. The lowest BCUT2D eigenvalue weighted by molar-refractivity contribution is -0.123. The zero-order valence-electron chi connectivity index (χ0n) is 11.1. The van der Waals surface area contributed by atoms with Gasteiger partial charge in [0.2, 0.25) is 5.91 Å². The molecule has 1 saturated heterocycles. The third kappa shape index (κ3) is 2.54. The van der Waals surface area contributed by atoms with Gasteiger partial charge >= 0.3 is 0 Å². The minimum absolute atomic E-state index is 0.113. The van der Waals surface area contributed by atoms with Crippen LogP contribution in [0.4, 0.5) is 5.69 Å². The van der Waals surface area contributed by atoms with Gasteiger partial charge in [-0.2, -0.15) is 0 Å². The Kier molecular flexibility index (Phi) is 3.68. The van der Waals surface area contributed by atoms with Crippen molar-refractivity contribution in [2.75, 3.05) is 31.1 Å². The molecule has 4 nitrogen and oxygen atoms in total. The number of benzene rings is 1. The summed E-state index contributed by atoms with van der Waals surface area (Å²) < 4.78 is 0. The lowest BCUT2D eigenvalue weighted by atomic mass is 10.0. The van der Waals surface area contributed by atoms with Crippen molar-refractivity contribution < 1.29 is 4.79 Å². The molecule has 18 heavy (non-hydrogen) atoms. The second-order valence-corrected chi connectivity index (χ2v) is 5.32. The highest BCUT2D eigenvalue weighted by atomic mass is 16.2. The fourth-order valence-corrected chi connectivity index (χ4v) is 2.20. The molecule has 0 saturated carbocycles. The number of hydrogen-bond acceptors (Lipinski definition) is 3. The minimum atomic E-state index is -0.113. The first-order chi connectivity index (χ1) is 8.54. The van der Waals surface area contributed by atoms with Gasteiger partial charge in [-0.05, 0) is 26.0 Å². The van der Waals surface area contributed by atoms with E-state index >= 15 is 0 Å². The van der Waals surface area contributed by atoms with Crippen molar-refractivity contribution in [2.24, 2.45) is 5.73 Å². The summed E-state index contributed by atoms with van der Waals surface area (Å²) in [6, 6.07) is 9.82. The van der Waals surface area contributed by atoms with Gasteiger partial charge in [0.1, 0.15) is 0 Å². The van der Waals surface area contributed by atoms with Crippen LogP contribution in [0.1, 0.15) is 13.8 Å². The van der Waals surface area contributed by atoms with Gasteiger partial charge in [-0.25, -0.2) is 0 Å². The molecule has 4 heteroatoms. The van der Waals surface area contributed by atoms with Crippen molar-refractivity contribution >= 4 is 11.6 Å². The van der Waals surface area contributed by atoms with Crippen LogP contribution in [0.3, 0.4) is 0 Å². The molecule has 1 aromatic rings. The van der Waals surface area contributed by atoms with Crippen LogP contribution in [0.15, 0.2) is 30.3 Å². The Bertz CT molecular complexity index is 416. The van der Waals surface area contributed by atoms with Gasteiger partial charge in [0.15, 0.2) is 0 Å². The summed E-state index contributed by atoms with van der Waals surface area (Å²) in [5.74, 6) is 0.147. The van der Waals surface area contributed by atoms with Gasteiger partial charge in [-0.15, -0.1) is 0 Å². The zero-order chi connectivity index (χ0) is 13.2. The van der Waals surface area contributed by atoms with E-state index in [1.54, 1.807) is 0 Å². The standard InChI is InChI=1S/C14H21N3O/c1-14(2,11-15)16-8-9-17(13(18)10-16)12-6-4-3-5-7-12/h3-7H,8-11,15H2,1-2H3. The monoisotopic (exact) mass is 247 g/mol. The van der Waals surface area contributed by atoms with Crippen LogP contribution in [0.2, 0.25) is 0 Å². The van der Waals surface area contributed by atoms with Crippen LogP contribution in [0, 0.1) is 0 Å². The smallest absolute Gasteiger partial charge is 0.241 e. The molecule has 0 unspecified atom stereocenters. The number of piperazine rings is 1. The van der Waals surface area contributed by atoms with Crippen molar-refractivity contribution in [3.63, 3.8) is 0 Å². The van der Waals surface area contributed by atoms with Crippen molar-refractivity contribution in [3.05, 3.63) is 30.3 Å². The van der Waals surface area contributed by atoms with Crippen LogP contribution >= 0.6 is 0 Å². The van der Waals surface area contributed by atoms with E-state index in [0.29, 0.717) is 13.1 Å². The van der Waals surface area contributed by atoms with Crippen LogP contribution in [0.25, 0.3) is 0 Å². The summed E-state index contributed by atoms with van der Waals surface area (Å²) in [6.07, 6.45) is 0. The molecular weight excluding hydrogens is 226 g/mol. The van der Waals surface area contributed by atoms with Gasteiger partial charge in [-0.1, -0.05) is 18.2 Å². The molecule has 1 aliphatic rings. The maximum Gasteiger partial charge on any atom is 0.241 e. The molecule has 1 aliphatic heterocycles. The Balaban J connectivity index is 2.08. The Morgan fingerprint density at radius 2 is 1.89 bits per heavy atom. The fraction of sp³-hybridized carbons (Fsp3) is 0.500. The third-order valence-electron chi connectivity index (χ3n) is 3.64. The van der Waals surface area contributed by atoms with Gasteiger partial charge in [0.05, 0.1) is 6.54 Å². The predicted octanol–water partition coefficient (Wildman–Crippen LogP) is 1.07. The second-order valence-electron chi connectivity index (χ2n) is 5.32. The highest BCUT2D eigenvalue weighted by Gasteiger charge is 2.33. The van der Waals surface area contributed by atoms with E-state index in [0.717, 1.165) is 18.8 Å². The number of hydrogen-bond donors (Lipinski definition) is 1. The maximum atomic E-state index is 12.2. The molecule has 0 spiro atoms. The number of carbonyl (C=O) groups is 1. The topological polar surface area (TPSA) is 49.6 Å². The fourth-order valence-electron chi connectivity index (χ4n) is 2.20. The van der Waals surface area contributed by atoms with Crippen molar-refractivity contribution in [1.82, 2.24) is 4.90 Å². The SMILES string of the molecule is CC(C)(CN)N1CCN(c2ccccc2)C(=O)C1. The van der Waals surface area contributed by atoms with E-state index in [4.69, 9.17) is 5.73 Å². The lowest BCUT2D eigenvalue weighted by Gasteiger charge is -2.42. The largest absolute Gasteiger partial charge is 0.329 e. The number of carbonyl (C=O) groups excluding carboxylic acids is 1. The summed E-state index contributed by atoms with van der Waals surface area (Å²) in [4.78, 5) is 16.2. The van der Waals surface area contributed by atoms with Gasteiger partial charge in [0, 0.05) is 30.9 Å². The number of amides is 1. The first kappa shape index (κ1) is 13.1. The normalized spacial score (nSPS) is 18.2. The molecule has 98 valence electrons. The second kappa shape index (κ2) is 5.08. The van der Waals surface area contributed by atoms with Gasteiger partial charge < -0.3 is 10.6 Å². The van der Waals surface area contributed by atoms with Crippen LogP contribution in [-0.4, -0.2) is 42.5 Å². The van der Waals surface area contributed by atoms with Crippen LogP contribution < -0.4 is 10.6 Å². The highest BCUT2D eigenvalue weighted by Crippen LogP contribution is 2.20. The summed E-state index contributed by atoms with van der Waals surface area (Å²) in [5, 5.41) is 0. The quantitative estimate of drug-likeness (QED) is 0.869. The molecule has 1 heterocycles. The van der Waals surface area contributed by atoms with Crippen molar-refractivity contribution in [3.8, 4) is 0 Å². The molecule has 0 aromatic heterocycles. The molecular formula is C14H21N3O. The van der Waals surface area contributed by atoms with E-state index in [1.807, 2.05) is 35.2 Å². The molecule has 1 fully saturated rings. The van der Waals surface area contributed by atoms with Crippen molar-refractivity contribution in [1.29, 1.82) is 0 Å². The Labute approximate surface area is 108 Å². The number of rotatable bonds is 3. The molecule has 0 atom stereocenters. The van der Waals surface area contributed by atoms with E-state index < -0.39 is 0 Å². The van der Waals surface area contributed by atoms with Crippen LogP contribution in [-0.2, 0) is 4.79 Å². The number of nitrogens with zero attached hydrogens (tertiary/aromatic N) is 2. The summed E-state index contributed by atoms with van der Waals surface area (Å²) >= 11 is 0. The number of nitrogens with two attached hydrogens (primary N) is 1. The van der Waals surface area contributed by atoms with Gasteiger partial charge in [0.25, 0.3) is 0 Å². The molecule has 2 N–H and O–H groups in total. The molecule has 2 rings (SSSR count). The Morgan fingerprint density at radius 3 is 2.44 bits per heavy atom. The van der Waals surface area contributed by atoms with Crippen LogP contribution in [0.5, 0.6) is 0 Å². The van der Waals surface area contributed by atoms with E-state index in [1.165, 1.54) is 0 Å². The Morgan fingerprint density at radius 1 is 1.22 bits per heavy atom. The average molecular weight is 247 g/mol. The number of para-hydroxylation sites is 1. The molecule has 1 amide bonds. The zero-order valence-corrected chi connectivity index (χ0v) is 11.1. The lowest BCUT2D eigenvalue weighted by Crippen LogP contribution is -2.59. The van der Waals surface area contributed by atoms with E-state index in [2.05, 4.69) is 18.7 Å². The number of anilines is 1. The van der Waals surface area contributed by atoms with Crippen molar-refractivity contribution in [2.45, 2.75) is 19.4 Å². The summed E-state index contributed by atoms with van der Waals surface area (Å²) in [5.41, 5.74) is 6.63. The molecule has 0 aliphatic carbocycles. The molecule has 0 bridgehead atoms. The molecule has 0 radical (unpaired) electrons. The summed E-state index contributed by atoms with van der Waals surface area (Å²) in [6.45, 7) is 6.76. The molecule has 1 aromatic carbocycles. The maximum absolute atomic E-state index is 12.2. The van der Waals surface area contributed by atoms with Gasteiger partial charge in [-0.3, -0.25) is 9.69 Å². The highest BCUT2D eigenvalue weighted by molar-refractivity contribution is 5.95. The minimum Gasteiger partial charge on any atom is -0.329 e. The van der Waals surface area contributed by atoms with E-state index in [-0.39, 0.29) is 11.4 Å². The summed E-state index contributed by atoms with van der Waals surface area (Å²) in [7, 11) is 0. The van der Waals surface area contributed by atoms with E-state index in [9.17, 15) is 4.79 Å². The Hall–Kier alpha value is -1.39. The average Bonchev–Trinajstić information content (AvgIpc) is 2.39.